The van der Waals surface area contributed by atoms with Crippen LogP contribution in [0.4, 0.5) is 22.7 Å². The molecule has 2 atom stereocenters. The maximum atomic E-state index is 12.4. The van der Waals surface area contributed by atoms with Crippen LogP contribution in [0.2, 0.25) is 0 Å². The van der Waals surface area contributed by atoms with Gasteiger partial charge in [-0.2, -0.15) is 0 Å². The maximum Gasteiger partial charge on any atom is 0.123 e. The number of rotatable bonds is 8. The first kappa shape index (κ1) is 31.7. The zero-order chi connectivity index (χ0) is 34.0. The summed E-state index contributed by atoms with van der Waals surface area (Å²) >= 11 is 0. The molecule has 0 radical (unpaired) electrons. The highest BCUT2D eigenvalue weighted by molar-refractivity contribution is 6.21. The van der Waals surface area contributed by atoms with Gasteiger partial charge in [-0.15, -0.1) is 0 Å². The number of nitrogens with two attached hydrogens (primary N) is 2. The minimum Gasteiger partial charge on any atom is -0.507 e. The molecule has 8 nitrogen and oxygen atoms in total. The standard InChI is InChI=1S/C40H44N4O4/c1-5-43(6-2)37-21-13-9-17-25(41)29(21)33(30-22(37)14-10-18-26(30)42)35-39(47)36(40(35)48)34-31-23(15-11-19-27(31)45)38(44(7-3)8-4)24-16-12-20-28(46)32(24)34/h9-20,35-36,39-40,45-48H,5-8,41-42H2,1-4H3. The summed E-state index contributed by atoms with van der Waals surface area (Å²) in [4.78, 5) is 4.48. The van der Waals surface area contributed by atoms with E-state index in [1.807, 2.05) is 48.5 Å². The number of benzene rings is 6. The second-order valence-electron chi connectivity index (χ2n) is 12.8. The van der Waals surface area contributed by atoms with Crippen molar-refractivity contribution in [1.82, 2.24) is 0 Å². The van der Waals surface area contributed by atoms with Gasteiger partial charge in [-0.3, -0.25) is 0 Å². The van der Waals surface area contributed by atoms with E-state index in [4.69, 9.17) is 11.5 Å². The highest BCUT2D eigenvalue weighted by Gasteiger charge is 2.53. The molecule has 248 valence electrons. The Kier molecular flexibility index (Phi) is 7.89. The molecule has 48 heavy (non-hydrogen) atoms. The van der Waals surface area contributed by atoms with Crippen molar-refractivity contribution in [2.75, 3.05) is 47.4 Å². The number of phenols is 2. The molecule has 2 unspecified atom stereocenters. The summed E-state index contributed by atoms with van der Waals surface area (Å²) in [6.07, 6.45) is -2.18. The first-order chi connectivity index (χ1) is 23.2. The van der Waals surface area contributed by atoms with Crippen LogP contribution in [0, 0.1) is 0 Å². The molecule has 0 aromatic heterocycles. The smallest absolute Gasteiger partial charge is 0.123 e. The lowest BCUT2D eigenvalue weighted by molar-refractivity contribution is -0.0765. The zero-order valence-electron chi connectivity index (χ0n) is 27.9. The Morgan fingerprint density at radius 1 is 0.500 bits per heavy atom. The van der Waals surface area contributed by atoms with E-state index in [1.165, 1.54) is 0 Å². The van der Waals surface area contributed by atoms with Crippen LogP contribution < -0.4 is 21.3 Å². The molecule has 1 aliphatic carbocycles. The Morgan fingerprint density at radius 3 is 1.17 bits per heavy atom. The van der Waals surface area contributed by atoms with Gasteiger partial charge < -0.3 is 41.7 Å². The van der Waals surface area contributed by atoms with Gasteiger partial charge in [0.1, 0.15) is 11.5 Å². The van der Waals surface area contributed by atoms with E-state index in [1.54, 1.807) is 24.3 Å². The van der Waals surface area contributed by atoms with Gasteiger partial charge in [0.05, 0.1) is 23.6 Å². The first-order valence-electron chi connectivity index (χ1n) is 17.0. The Bertz CT molecular complexity index is 1920. The van der Waals surface area contributed by atoms with Gasteiger partial charge in [-0.1, -0.05) is 48.5 Å². The fourth-order valence-corrected chi connectivity index (χ4v) is 8.53. The lowest BCUT2D eigenvalue weighted by Crippen LogP contribution is -2.52. The molecule has 0 saturated heterocycles. The average molecular weight is 645 g/mol. The minimum atomic E-state index is -1.09. The van der Waals surface area contributed by atoms with E-state index in [-0.39, 0.29) is 11.5 Å². The van der Waals surface area contributed by atoms with Crippen LogP contribution in [0.15, 0.2) is 72.8 Å². The highest BCUT2D eigenvalue weighted by atomic mass is 16.3. The van der Waals surface area contributed by atoms with E-state index < -0.39 is 24.0 Å². The predicted molar refractivity (Wildman–Crippen MR) is 200 cm³/mol. The zero-order valence-corrected chi connectivity index (χ0v) is 27.9. The number of aromatic hydroxyl groups is 2. The van der Waals surface area contributed by atoms with Crippen molar-refractivity contribution in [3.8, 4) is 11.5 Å². The molecular formula is C40H44N4O4. The monoisotopic (exact) mass is 644 g/mol. The average Bonchev–Trinajstić information content (AvgIpc) is 3.07. The van der Waals surface area contributed by atoms with E-state index >= 15 is 0 Å². The largest absolute Gasteiger partial charge is 0.507 e. The molecule has 1 saturated carbocycles. The number of anilines is 4. The molecule has 0 amide bonds. The van der Waals surface area contributed by atoms with Crippen molar-refractivity contribution in [3.63, 3.8) is 0 Å². The highest BCUT2D eigenvalue weighted by Crippen LogP contribution is 2.58. The molecule has 8 N–H and O–H groups in total. The van der Waals surface area contributed by atoms with Gasteiger partial charge >= 0.3 is 0 Å². The quantitative estimate of drug-likeness (QED) is 0.0757. The number of hydrogen-bond acceptors (Lipinski definition) is 8. The number of aliphatic hydroxyl groups is 2. The lowest BCUT2D eigenvalue weighted by Gasteiger charge is -2.49. The number of aliphatic hydroxyl groups excluding tert-OH is 2. The van der Waals surface area contributed by atoms with Crippen molar-refractivity contribution < 1.29 is 20.4 Å². The van der Waals surface area contributed by atoms with E-state index in [0.717, 1.165) is 56.8 Å². The molecular weight excluding hydrogens is 600 g/mol. The van der Waals surface area contributed by atoms with E-state index in [0.29, 0.717) is 46.4 Å². The van der Waals surface area contributed by atoms with Crippen molar-refractivity contribution in [3.05, 3.63) is 83.9 Å². The summed E-state index contributed by atoms with van der Waals surface area (Å²) < 4.78 is 0. The summed E-state index contributed by atoms with van der Waals surface area (Å²) in [5.41, 5.74) is 17.8. The first-order valence-corrected chi connectivity index (χ1v) is 17.0. The third kappa shape index (κ3) is 4.36. The van der Waals surface area contributed by atoms with Gasteiger partial charge in [0.2, 0.25) is 0 Å². The van der Waals surface area contributed by atoms with E-state index in [2.05, 4.69) is 37.5 Å². The van der Waals surface area contributed by atoms with Crippen molar-refractivity contribution in [2.45, 2.75) is 51.7 Å². The summed E-state index contributed by atoms with van der Waals surface area (Å²) in [5, 5.41) is 53.7. The number of nitrogen functional groups attached to an aromatic ring is 2. The lowest BCUT2D eigenvalue weighted by atomic mass is 9.60. The molecule has 7 rings (SSSR count). The van der Waals surface area contributed by atoms with Gasteiger partial charge in [0, 0.05) is 92.5 Å². The number of phenolic OH excluding ortho intramolecular Hbond substituents is 2. The topological polar surface area (TPSA) is 139 Å². The minimum absolute atomic E-state index is 0.0249. The number of nitrogens with zero attached hydrogens (tertiary/aromatic N) is 2. The predicted octanol–water partition coefficient (Wildman–Crippen LogP) is 7.17. The molecule has 1 fully saturated rings. The fourth-order valence-electron chi connectivity index (χ4n) is 8.53. The Morgan fingerprint density at radius 2 is 0.812 bits per heavy atom. The number of fused-ring (bicyclic) bond motifs is 4. The Labute approximate surface area is 280 Å². The third-order valence-electron chi connectivity index (χ3n) is 10.7. The second kappa shape index (κ2) is 12.0. The fraction of sp³-hybridized carbons (Fsp3) is 0.300. The molecule has 0 spiro atoms. The van der Waals surface area contributed by atoms with Gasteiger partial charge in [0.15, 0.2) is 0 Å². The normalized spacial score (nSPS) is 19.3. The third-order valence-corrected chi connectivity index (χ3v) is 10.7. The SMILES string of the molecule is CCN(CC)c1c2cccc(N)c2c(C2C(O)C(c3c4c(O)cccc4c(N(CC)CC)c4cccc(O)c34)C2O)c2c(N)cccc12. The Balaban J connectivity index is 1.53. The summed E-state index contributed by atoms with van der Waals surface area (Å²) in [6.45, 7) is 11.4. The van der Waals surface area contributed by atoms with Gasteiger partial charge in [0.25, 0.3) is 0 Å². The van der Waals surface area contributed by atoms with Crippen LogP contribution in [-0.4, -0.2) is 58.8 Å². The van der Waals surface area contributed by atoms with E-state index in [9.17, 15) is 20.4 Å². The van der Waals surface area contributed by atoms with Crippen LogP contribution in [0.25, 0.3) is 43.1 Å². The molecule has 6 aromatic carbocycles. The molecule has 0 heterocycles. The summed E-state index contributed by atoms with van der Waals surface area (Å²) in [6, 6.07) is 22.4. The molecule has 6 aromatic rings. The van der Waals surface area contributed by atoms with Crippen LogP contribution >= 0.6 is 0 Å². The molecule has 1 aliphatic rings. The van der Waals surface area contributed by atoms with Crippen molar-refractivity contribution in [2.24, 2.45) is 0 Å². The van der Waals surface area contributed by atoms with Crippen LogP contribution in [0.1, 0.15) is 50.7 Å². The van der Waals surface area contributed by atoms with Crippen molar-refractivity contribution in [1.29, 1.82) is 0 Å². The maximum absolute atomic E-state index is 12.4. The Hall–Kier alpha value is -4.92. The van der Waals surface area contributed by atoms with Crippen molar-refractivity contribution >= 4 is 65.8 Å². The summed E-state index contributed by atoms with van der Waals surface area (Å²) in [5.74, 6) is -1.52. The molecule has 0 bridgehead atoms. The number of hydrogen-bond donors (Lipinski definition) is 6. The second-order valence-corrected chi connectivity index (χ2v) is 12.8. The van der Waals surface area contributed by atoms with Crippen LogP contribution in [-0.2, 0) is 0 Å². The summed E-state index contributed by atoms with van der Waals surface area (Å²) in [7, 11) is 0. The van der Waals surface area contributed by atoms with Gasteiger partial charge in [-0.05, 0) is 63.1 Å². The molecule has 0 aliphatic heterocycles. The van der Waals surface area contributed by atoms with Crippen LogP contribution in [0.5, 0.6) is 11.5 Å². The van der Waals surface area contributed by atoms with Gasteiger partial charge in [-0.25, -0.2) is 0 Å². The molecule has 8 heteroatoms. The van der Waals surface area contributed by atoms with Crippen LogP contribution in [0.3, 0.4) is 0 Å².